The molecule has 0 spiro atoms. The van der Waals surface area contributed by atoms with Crippen LogP contribution >= 0.6 is 0 Å². The van der Waals surface area contributed by atoms with Crippen LogP contribution in [-0.2, 0) is 9.47 Å². The highest BCUT2D eigenvalue weighted by atomic mass is 16.7. The zero-order valence-electron chi connectivity index (χ0n) is 20.9. The average molecular weight is 564 g/mol. The minimum Gasteiger partial charge on any atom is -0.508 e. The van der Waals surface area contributed by atoms with Crippen molar-refractivity contribution in [2.24, 2.45) is 0 Å². The third-order valence-electron chi connectivity index (χ3n) is 6.78. The summed E-state index contributed by atoms with van der Waals surface area (Å²) in [6.07, 6.45) is -13.3. The monoisotopic (exact) mass is 564 g/mol. The summed E-state index contributed by atoms with van der Waals surface area (Å²) in [6.45, 7) is 1.06. The molecule has 3 heterocycles. The lowest BCUT2D eigenvalue weighted by atomic mass is 10.00. The van der Waals surface area contributed by atoms with E-state index in [-0.39, 0.29) is 33.8 Å². The highest BCUT2D eigenvalue weighted by molar-refractivity contribution is 5.88. The maximum absolute atomic E-state index is 13.6. The first-order valence-electron chi connectivity index (χ1n) is 12.3. The number of ether oxygens (including phenoxy) is 4. The summed E-state index contributed by atoms with van der Waals surface area (Å²) in [6, 6.07) is 7.69. The molecule has 5 rings (SSSR count). The Morgan fingerprint density at radius 3 is 2.20 bits per heavy atom. The second kappa shape index (κ2) is 10.8. The number of hydrogen-bond donors (Lipinski definition) is 8. The maximum Gasteiger partial charge on any atom is 0.239 e. The molecule has 3 aromatic rings. The first-order valence-corrected chi connectivity index (χ1v) is 12.3. The highest BCUT2D eigenvalue weighted by Crippen LogP contribution is 2.38. The topological polar surface area (TPSA) is 229 Å². The molecule has 0 saturated carbocycles. The molecule has 14 nitrogen and oxygen atoms in total. The van der Waals surface area contributed by atoms with Gasteiger partial charge in [-0.3, -0.25) is 4.79 Å². The normalized spacial score (nSPS) is 32.6. The quantitative estimate of drug-likeness (QED) is 0.184. The molecule has 0 unspecified atom stereocenters. The molecule has 2 aliphatic rings. The Balaban J connectivity index is 1.58. The zero-order chi connectivity index (χ0) is 28.9. The standard InChI is InChI=1S/C26H28O14/c1-9-17(30)20(33)22(35)26(37-9)38-12-6-13(28)16-15(7-12)39-23(10-2-4-11(27)5-3-10)24(19(16)32)40-25-21(34)18(31)14(29)8-36-25/h2-7,9,14,17-18,20-22,25-31,33-35H,8H2,1H3/t9-,14-,17-,18-,20+,21-,22+,25-,26+/m0/s1. The van der Waals surface area contributed by atoms with Gasteiger partial charge in [-0.1, -0.05) is 0 Å². The fourth-order valence-corrected chi connectivity index (χ4v) is 4.48. The number of hydrogen-bond acceptors (Lipinski definition) is 14. The van der Waals surface area contributed by atoms with Crippen molar-refractivity contribution in [3.8, 4) is 34.3 Å². The number of phenolic OH excluding ortho intramolecular Hbond substituents is 2. The van der Waals surface area contributed by atoms with E-state index in [1.54, 1.807) is 0 Å². The minimum atomic E-state index is -1.74. The SMILES string of the molecule is C[C@@H]1O[C@H](Oc2cc(O)c3c(=O)c(O[C@@H]4OC[C@H](O)[C@H](O)[C@@H]4O)c(-c4ccc(O)cc4)oc3c2)[C@H](O)[C@H](O)[C@H]1O. The molecule has 9 atom stereocenters. The van der Waals surface area contributed by atoms with Gasteiger partial charge in [-0.15, -0.1) is 0 Å². The van der Waals surface area contributed by atoms with Crippen molar-refractivity contribution in [1.29, 1.82) is 0 Å². The number of aliphatic hydroxyl groups excluding tert-OH is 6. The van der Waals surface area contributed by atoms with Gasteiger partial charge >= 0.3 is 0 Å². The van der Waals surface area contributed by atoms with E-state index in [9.17, 15) is 45.6 Å². The van der Waals surface area contributed by atoms with Crippen LogP contribution in [0.15, 0.2) is 45.6 Å². The van der Waals surface area contributed by atoms with Crippen LogP contribution in [0.2, 0.25) is 0 Å². The Hall–Kier alpha value is -3.47. The fraction of sp³-hybridized carbons (Fsp3) is 0.423. The van der Waals surface area contributed by atoms with Gasteiger partial charge in [0.15, 0.2) is 5.76 Å². The van der Waals surface area contributed by atoms with Crippen LogP contribution in [0.1, 0.15) is 6.92 Å². The van der Waals surface area contributed by atoms with Crippen molar-refractivity contribution < 1.29 is 64.2 Å². The molecule has 0 aliphatic carbocycles. The van der Waals surface area contributed by atoms with Crippen LogP contribution in [0, 0.1) is 0 Å². The minimum absolute atomic E-state index is 0.0848. The number of aromatic hydroxyl groups is 2. The molecule has 1 aromatic heterocycles. The zero-order valence-corrected chi connectivity index (χ0v) is 20.9. The fourth-order valence-electron chi connectivity index (χ4n) is 4.48. The number of rotatable bonds is 5. The summed E-state index contributed by atoms with van der Waals surface area (Å²) in [7, 11) is 0. The lowest BCUT2D eigenvalue weighted by Gasteiger charge is -2.38. The summed E-state index contributed by atoms with van der Waals surface area (Å²) >= 11 is 0. The van der Waals surface area contributed by atoms with Gasteiger partial charge in [0.2, 0.25) is 23.8 Å². The van der Waals surface area contributed by atoms with Gasteiger partial charge in [0, 0.05) is 17.7 Å². The second-order valence-corrected chi connectivity index (χ2v) is 9.62. The molecular formula is C26H28O14. The second-order valence-electron chi connectivity index (χ2n) is 9.62. The molecule has 0 radical (unpaired) electrons. The van der Waals surface area contributed by atoms with Crippen LogP contribution in [0.25, 0.3) is 22.3 Å². The molecule has 0 amide bonds. The summed E-state index contributed by atoms with van der Waals surface area (Å²) in [4.78, 5) is 13.6. The van der Waals surface area contributed by atoms with E-state index in [1.165, 1.54) is 37.3 Å². The number of aliphatic hydroxyl groups is 6. The molecule has 2 fully saturated rings. The lowest BCUT2D eigenvalue weighted by molar-refractivity contribution is -0.268. The molecule has 40 heavy (non-hydrogen) atoms. The maximum atomic E-state index is 13.6. The third kappa shape index (κ3) is 5.07. The number of fused-ring (bicyclic) bond motifs is 1. The number of phenols is 2. The summed E-state index contributed by atoms with van der Waals surface area (Å²) < 4.78 is 27.9. The predicted octanol–water partition coefficient (Wildman–Crippen LogP) is -1.10. The van der Waals surface area contributed by atoms with Crippen molar-refractivity contribution in [2.75, 3.05) is 6.61 Å². The first kappa shape index (κ1) is 28.1. The summed E-state index contributed by atoms with van der Waals surface area (Å²) in [5.41, 5.74) is -0.860. The van der Waals surface area contributed by atoms with Crippen molar-refractivity contribution >= 4 is 11.0 Å². The van der Waals surface area contributed by atoms with Crippen LogP contribution in [-0.4, -0.2) is 103 Å². The molecule has 14 heteroatoms. The predicted molar refractivity (Wildman–Crippen MR) is 133 cm³/mol. The van der Waals surface area contributed by atoms with Crippen LogP contribution in [0.4, 0.5) is 0 Å². The van der Waals surface area contributed by atoms with E-state index in [0.717, 1.165) is 6.07 Å². The molecule has 2 aliphatic heterocycles. The Bertz CT molecular complexity index is 1420. The Kier molecular flexibility index (Phi) is 7.60. The molecule has 2 saturated heterocycles. The van der Waals surface area contributed by atoms with E-state index in [4.69, 9.17) is 23.4 Å². The van der Waals surface area contributed by atoms with Crippen LogP contribution < -0.4 is 14.9 Å². The van der Waals surface area contributed by atoms with E-state index < -0.39 is 78.8 Å². The van der Waals surface area contributed by atoms with Gasteiger partial charge < -0.3 is 64.2 Å². The molecule has 0 bridgehead atoms. The van der Waals surface area contributed by atoms with E-state index in [2.05, 4.69) is 0 Å². The van der Waals surface area contributed by atoms with Gasteiger partial charge in [-0.05, 0) is 31.2 Å². The highest BCUT2D eigenvalue weighted by Gasteiger charge is 2.43. The third-order valence-corrected chi connectivity index (χ3v) is 6.78. The van der Waals surface area contributed by atoms with Crippen molar-refractivity contribution in [2.45, 2.75) is 62.2 Å². The van der Waals surface area contributed by atoms with Gasteiger partial charge in [0.25, 0.3) is 0 Å². The largest absolute Gasteiger partial charge is 0.508 e. The Labute approximate surface area is 225 Å². The van der Waals surface area contributed by atoms with Gasteiger partial charge in [0.05, 0.1) is 12.7 Å². The Morgan fingerprint density at radius 2 is 1.50 bits per heavy atom. The van der Waals surface area contributed by atoms with Crippen LogP contribution in [0.5, 0.6) is 23.0 Å². The van der Waals surface area contributed by atoms with Gasteiger partial charge in [0.1, 0.15) is 64.8 Å². The molecular weight excluding hydrogens is 536 g/mol. The van der Waals surface area contributed by atoms with E-state index in [0.29, 0.717) is 0 Å². The Morgan fingerprint density at radius 1 is 0.825 bits per heavy atom. The first-order chi connectivity index (χ1) is 19.0. The van der Waals surface area contributed by atoms with Gasteiger partial charge in [-0.2, -0.15) is 0 Å². The van der Waals surface area contributed by atoms with Gasteiger partial charge in [-0.25, -0.2) is 0 Å². The summed E-state index contributed by atoms with van der Waals surface area (Å²) in [5.74, 6) is -1.54. The van der Waals surface area contributed by atoms with Crippen molar-refractivity contribution in [3.63, 3.8) is 0 Å². The average Bonchev–Trinajstić information content (AvgIpc) is 2.92. The molecule has 216 valence electrons. The lowest BCUT2D eigenvalue weighted by Crippen LogP contribution is -2.58. The van der Waals surface area contributed by atoms with Crippen molar-refractivity contribution in [1.82, 2.24) is 0 Å². The van der Waals surface area contributed by atoms with Crippen molar-refractivity contribution in [3.05, 3.63) is 46.6 Å². The molecule has 2 aromatic carbocycles. The number of benzene rings is 2. The summed E-state index contributed by atoms with van der Waals surface area (Å²) in [5, 5.41) is 80.5. The molecule has 8 N–H and O–H groups in total. The smallest absolute Gasteiger partial charge is 0.239 e. The van der Waals surface area contributed by atoms with E-state index in [1.807, 2.05) is 0 Å². The van der Waals surface area contributed by atoms with Crippen LogP contribution in [0.3, 0.4) is 0 Å². The van der Waals surface area contributed by atoms with E-state index >= 15 is 0 Å².